The van der Waals surface area contributed by atoms with Gasteiger partial charge in [-0.05, 0) is 42.8 Å². The first kappa shape index (κ1) is 14.5. The fraction of sp³-hybridized carbons (Fsp3) is 0.133. The van der Waals surface area contributed by atoms with Gasteiger partial charge < -0.3 is 4.84 Å². The van der Waals surface area contributed by atoms with Crippen molar-refractivity contribution in [2.45, 2.75) is 13.5 Å². The average molecular weight is 296 g/mol. The Bertz CT molecular complexity index is 644. The number of hydrogen-bond acceptors (Lipinski definition) is 2. The summed E-state index contributed by atoms with van der Waals surface area (Å²) in [6, 6.07) is 10.3. The van der Waals surface area contributed by atoms with Gasteiger partial charge in [-0.1, -0.05) is 28.9 Å². The lowest BCUT2D eigenvalue weighted by atomic mass is 10.1. The monoisotopic (exact) mass is 295 g/mol. The number of hydrogen-bond donors (Lipinski definition) is 0. The van der Waals surface area contributed by atoms with Crippen LogP contribution in [0.15, 0.2) is 47.6 Å². The molecule has 104 valence electrons. The summed E-state index contributed by atoms with van der Waals surface area (Å²) in [6.07, 6.45) is 0. The molecule has 0 amide bonds. The van der Waals surface area contributed by atoms with E-state index in [0.29, 0.717) is 5.02 Å². The Kier molecular flexibility index (Phi) is 4.69. The van der Waals surface area contributed by atoms with Crippen LogP contribution in [0.1, 0.15) is 18.1 Å². The Balaban J connectivity index is 2.06. The van der Waals surface area contributed by atoms with Gasteiger partial charge in [-0.2, -0.15) is 0 Å². The van der Waals surface area contributed by atoms with Gasteiger partial charge in [-0.3, -0.25) is 0 Å². The van der Waals surface area contributed by atoms with Crippen molar-refractivity contribution >= 4 is 17.3 Å². The highest BCUT2D eigenvalue weighted by Crippen LogP contribution is 2.13. The first-order valence-corrected chi connectivity index (χ1v) is 6.30. The van der Waals surface area contributed by atoms with Crippen LogP contribution >= 0.6 is 11.6 Å². The second-order valence-corrected chi connectivity index (χ2v) is 4.64. The minimum atomic E-state index is -0.543. The molecular formula is C15H12ClF2NO. The maximum atomic E-state index is 13.5. The Morgan fingerprint density at radius 2 is 2.00 bits per heavy atom. The molecule has 0 unspecified atom stereocenters. The van der Waals surface area contributed by atoms with Crippen molar-refractivity contribution in [1.82, 2.24) is 0 Å². The zero-order valence-electron chi connectivity index (χ0n) is 10.7. The van der Waals surface area contributed by atoms with E-state index in [9.17, 15) is 8.78 Å². The van der Waals surface area contributed by atoms with Gasteiger partial charge in [0.15, 0.2) is 0 Å². The van der Waals surface area contributed by atoms with E-state index in [4.69, 9.17) is 16.4 Å². The Morgan fingerprint density at radius 3 is 2.75 bits per heavy atom. The summed E-state index contributed by atoms with van der Waals surface area (Å²) in [5.41, 5.74) is 1.19. The molecule has 0 saturated heterocycles. The zero-order chi connectivity index (χ0) is 14.5. The summed E-state index contributed by atoms with van der Waals surface area (Å²) >= 11 is 5.84. The van der Waals surface area contributed by atoms with Gasteiger partial charge >= 0.3 is 0 Å². The molecule has 20 heavy (non-hydrogen) atoms. The molecule has 2 aromatic carbocycles. The summed E-state index contributed by atoms with van der Waals surface area (Å²) < 4.78 is 26.6. The van der Waals surface area contributed by atoms with Gasteiger partial charge in [0.1, 0.15) is 18.2 Å². The van der Waals surface area contributed by atoms with E-state index in [-0.39, 0.29) is 17.9 Å². The third-order valence-corrected chi connectivity index (χ3v) is 2.88. The van der Waals surface area contributed by atoms with Gasteiger partial charge in [-0.25, -0.2) is 8.78 Å². The largest absolute Gasteiger partial charge is 0.391 e. The number of nitrogens with zero attached hydrogens (tertiary/aromatic N) is 1. The third kappa shape index (κ3) is 3.78. The van der Waals surface area contributed by atoms with E-state index >= 15 is 0 Å². The lowest BCUT2D eigenvalue weighted by molar-refractivity contribution is 0.130. The van der Waals surface area contributed by atoms with Crippen molar-refractivity contribution in [3.05, 3.63) is 70.2 Å². The van der Waals surface area contributed by atoms with Crippen LogP contribution in [-0.4, -0.2) is 5.71 Å². The van der Waals surface area contributed by atoms with Gasteiger partial charge in [0.2, 0.25) is 0 Å². The maximum Gasteiger partial charge on any atom is 0.142 e. The summed E-state index contributed by atoms with van der Waals surface area (Å²) in [4.78, 5) is 5.13. The predicted molar refractivity (Wildman–Crippen MR) is 74.8 cm³/mol. The van der Waals surface area contributed by atoms with Crippen molar-refractivity contribution in [2.75, 3.05) is 0 Å². The highest BCUT2D eigenvalue weighted by atomic mass is 35.5. The molecular weight excluding hydrogens is 284 g/mol. The lowest BCUT2D eigenvalue weighted by Crippen LogP contribution is -2.01. The molecule has 0 heterocycles. The van der Waals surface area contributed by atoms with Crippen molar-refractivity contribution in [3.8, 4) is 0 Å². The second-order valence-electron chi connectivity index (χ2n) is 4.20. The van der Waals surface area contributed by atoms with Crippen LogP contribution in [-0.2, 0) is 11.4 Å². The predicted octanol–water partition coefficient (Wildman–Crippen LogP) is 4.56. The average Bonchev–Trinajstić information content (AvgIpc) is 2.41. The van der Waals surface area contributed by atoms with Gasteiger partial charge in [0.05, 0.1) is 5.71 Å². The number of rotatable bonds is 4. The quantitative estimate of drug-likeness (QED) is 0.598. The first-order valence-electron chi connectivity index (χ1n) is 5.92. The SMILES string of the molecule is CC(=NOCc1cccc(Cl)c1)c1cc(F)ccc1F. The zero-order valence-corrected chi connectivity index (χ0v) is 11.5. The molecule has 0 radical (unpaired) electrons. The summed E-state index contributed by atoms with van der Waals surface area (Å²) in [7, 11) is 0. The molecule has 0 saturated carbocycles. The first-order chi connectivity index (χ1) is 9.56. The van der Waals surface area contributed by atoms with E-state index in [2.05, 4.69) is 5.16 Å². The van der Waals surface area contributed by atoms with E-state index in [0.717, 1.165) is 23.8 Å². The van der Waals surface area contributed by atoms with E-state index < -0.39 is 11.6 Å². The fourth-order valence-electron chi connectivity index (χ4n) is 1.65. The molecule has 0 N–H and O–H groups in total. The molecule has 2 aromatic rings. The topological polar surface area (TPSA) is 21.6 Å². The van der Waals surface area contributed by atoms with Crippen molar-refractivity contribution < 1.29 is 13.6 Å². The van der Waals surface area contributed by atoms with Crippen molar-refractivity contribution in [3.63, 3.8) is 0 Å². The van der Waals surface area contributed by atoms with Crippen LogP contribution in [0.4, 0.5) is 8.78 Å². The van der Waals surface area contributed by atoms with E-state index in [1.54, 1.807) is 25.1 Å². The van der Waals surface area contributed by atoms with E-state index in [1.165, 1.54) is 0 Å². The fourth-order valence-corrected chi connectivity index (χ4v) is 1.87. The molecule has 0 aliphatic carbocycles. The summed E-state index contributed by atoms with van der Waals surface area (Å²) in [5, 5.41) is 4.39. The molecule has 0 aliphatic heterocycles. The molecule has 0 spiro atoms. The highest BCUT2D eigenvalue weighted by molar-refractivity contribution is 6.30. The van der Waals surface area contributed by atoms with Crippen LogP contribution in [0.2, 0.25) is 5.02 Å². The Labute approximate surface area is 120 Å². The summed E-state index contributed by atoms with van der Waals surface area (Å²) in [5.74, 6) is -1.07. The maximum absolute atomic E-state index is 13.5. The summed E-state index contributed by atoms with van der Waals surface area (Å²) in [6.45, 7) is 1.75. The van der Waals surface area contributed by atoms with Crippen LogP contribution in [0.5, 0.6) is 0 Å². The van der Waals surface area contributed by atoms with Gasteiger partial charge in [0, 0.05) is 10.6 Å². The molecule has 0 aliphatic rings. The number of oxime groups is 1. The van der Waals surface area contributed by atoms with Crippen LogP contribution in [0.3, 0.4) is 0 Å². The third-order valence-electron chi connectivity index (χ3n) is 2.64. The van der Waals surface area contributed by atoms with E-state index in [1.807, 2.05) is 6.07 Å². The lowest BCUT2D eigenvalue weighted by Gasteiger charge is -2.04. The number of halogens is 3. The normalized spacial score (nSPS) is 11.5. The molecule has 0 fully saturated rings. The van der Waals surface area contributed by atoms with Crippen LogP contribution in [0, 0.1) is 11.6 Å². The minimum Gasteiger partial charge on any atom is -0.391 e. The standard InChI is InChI=1S/C15H12ClF2NO/c1-10(14-8-13(17)5-6-15(14)18)19-20-9-11-3-2-4-12(16)7-11/h2-8H,9H2,1H3. The second kappa shape index (κ2) is 6.48. The molecule has 5 heteroatoms. The Morgan fingerprint density at radius 1 is 1.20 bits per heavy atom. The van der Waals surface area contributed by atoms with Gasteiger partial charge in [-0.15, -0.1) is 0 Å². The van der Waals surface area contributed by atoms with Crippen LogP contribution in [0.25, 0.3) is 0 Å². The Hall–Kier alpha value is -1.94. The minimum absolute atomic E-state index is 0.0797. The smallest absolute Gasteiger partial charge is 0.142 e. The molecule has 2 rings (SSSR count). The molecule has 0 aromatic heterocycles. The molecule has 2 nitrogen and oxygen atoms in total. The highest BCUT2D eigenvalue weighted by Gasteiger charge is 2.07. The van der Waals surface area contributed by atoms with Crippen molar-refractivity contribution in [1.29, 1.82) is 0 Å². The van der Waals surface area contributed by atoms with Gasteiger partial charge in [0.25, 0.3) is 0 Å². The molecule has 0 atom stereocenters. The van der Waals surface area contributed by atoms with Crippen LogP contribution < -0.4 is 0 Å². The van der Waals surface area contributed by atoms with Crippen molar-refractivity contribution in [2.24, 2.45) is 5.16 Å². The molecule has 0 bridgehead atoms. The number of benzene rings is 2.